The van der Waals surface area contributed by atoms with Gasteiger partial charge in [-0.3, -0.25) is 9.59 Å². The Kier molecular flexibility index (Phi) is 17.9. The molecule has 0 aromatic heterocycles. The van der Waals surface area contributed by atoms with Crippen LogP contribution in [-0.4, -0.2) is 113 Å². The van der Waals surface area contributed by atoms with Gasteiger partial charge in [-0.15, -0.1) is 0 Å². The molecule has 350 valence electrons. The summed E-state index contributed by atoms with van der Waals surface area (Å²) in [5.41, 5.74) is 2.45. The fourth-order valence-electron chi connectivity index (χ4n) is 9.80. The van der Waals surface area contributed by atoms with E-state index in [1.165, 1.54) is 23.3 Å². The van der Waals surface area contributed by atoms with Crippen molar-refractivity contribution in [3.63, 3.8) is 0 Å². The van der Waals surface area contributed by atoms with Crippen LogP contribution in [0.3, 0.4) is 0 Å². The third-order valence-electron chi connectivity index (χ3n) is 13.5. The van der Waals surface area contributed by atoms with E-state index in [4.69, 9.17) is 9.47 Å². The van der Waals surface area contributed by atoms with Crippen LogP contribution in [0.5, 0.6) is 0 Å². The number of aliphatic hydroxyl groups is 1. The Balaban J connectivity index is 0.000000238. The zero-order valence-corrected chi connectivity index (χ0v) is 39.6. The van der Waals surface area contributed by atoms with Crippen LogP contribution in [0.25, 0.3) is 0 Å². The third kappa shape index (κ3) is 15.5. The summed E-state index contributed by atoms with van der Waals surface area (Å²) in [6.45, 7) is 15.9. The molecule has 4 fully saturated rings. The second-order valence-corrected chi connectivity index (χ2v) is 20.8. The molecule has 63 heavy (non-hydrogen) atoms. The smallest absolute Gasteiger partial charge is 0.410 e. The van der Waals surface area contributed by atoms with Crippen LogP contribution in [-0.2, 0) is 25.7 Å². The standard InChI is InChI=1S/C26H40N2O4.C25H37FN2O3/c1-26(2,3)32-25(31)27(4)17-19-5-11-23(12-6-19)24(30)28-15-13-22(14-16-28)21-9-7-20(18-29)8-10-21;1-25(2,3)31-24(30)27(4)17-18-5-7-21(8-6-18)23(29)28-15-13-20(14-16-28)19-9-11-22(26)12-10-19/h7-10,19,22-23,29H,5-6,11-18H2,1-4H3;9-12,18,20-21H,5-8,13-17H2,1-4H3. The monoisotopic (exact) mass is 877 g/mol. The molecule has 2 heterocycles. The molecule has 1 N–H and O–H groups in total. The van der Waals surface area contributed by atoms with Gasteiger partial charge in [-0.25, -0.2) is 14.0 Å². The quantitative estimate of drug-likeness (QED) is 0.267. The zero-order chi connectivity index (χ0) is 45.9. The van der Waals surface area contributed by atoms with Gasteiger partial charge in [0.15, 0.2) is 0 Å². The predicted molar refractivity (Wildman–Crippen MR) is 244 cm³/mol. The lowest BCUT2D eigenvalue weighted by molar-refractivity contribution is -0.138. The maximum atomic E-state index is 13.2. The van der Waals surface area contributed by atoms with Crippen molar-refractivity contribution in [3.05, 3.63) is 71.0 Å². The normalized spacial score (nSPS) is 22.6. The van der Waals surface area contributed by atoms with Crippen LogP contribution < -0.4 is 0 Å². The highest BCUT2D eigenvalue weighted by Crippen LogP contribution is 2.36. The van der Waals surface area contributed by atoms with E-state index in [-0.39, 0.29) is 42.4 Å². The van der Waals surface area contributed by atoms with Gasteiger partial charge in [0.2, 0.25) is 11.8 Å². The molecule has 0 unspecified atom stereocenters. The Hall–Kier alpha value is -4.19. The van der Waals surface area contributed by atoms with E-state index >= 15 is 0 Å². The number of piperidine rings is 2. The number of rotatable bonds is 9. The van der Waals surface area contributed by atoms with Crippen molar-refractivity contribution < 1.29 is 38.1 Å². The Morgan fingerprint density at radius 3 is 1.22 bits per heavy atom. The summed E-state index contributed by atoms with van der Waals surface area (Å²) in [7, 11) is 3.59. The summed E-state index contributed by atoms with van der Waals surface area (Å²) < 4.78 is 24.0. The molecule has 0 radical (unpaired) electrons. The SMILES string of the molecule is CN(CC1CCC(C(=O)N2CCC(c3ccc(CO)cc3)CC2)CC1)C(=O)OC(C)(C)C.CN(CC1CCC(C(=O)N2CCC(c3ccc(F)cc3)CC2)CC1)C(=O)OC(C)(C)C. The van der Waals surface area contributed by atoms with Crippen molar-refractivity contribution >= 4 is 24.0 Å². The fraction of sp³-hybridized carbons (Fsp3) is 0.686. The molecule has 2 saturated heterocycles. The van der Waals surface area contributed by atoms with Gasteiger partial charge < -0.3 is 34.2 Å². The molecule has 0 bridgehead atoms. The van der Waals surface area contributed by atoms with Crippen LogP contribution in [0.15, 0.2) is 48.5 Å². The number of halogens is 1. The molecular formula is C51H77FN4O7. The van der Waals surface area contributed by atoms with E-state index < -0.39 is 11.2 Å². The molecule has 2 aromatic carbocycles. The van der Waals surface area contributed by atoms with E-state index in [2.05, 4.69) is 17.0 Å². The van der Waals surface area contributed by atoms with E-state index in [0.29, 0.717) is 42.7 Å². The van der Waals surface area contributed by atoms with Gasteiger partial charge in [0.25, 0.3) is 0 Å². The van der Waals surface area contributed by atoms with Gasteiger partial charge in [0, 0.05) is 65.2 Å². The first-order chi connectivity index (χ1) is 29.8. The fourth-order valence-corrected chi connectivity index (χ4v) is 9.80. The number of carbonyl (C=O) groups is 4. The first-order valence-corrected chi connectivity index (χ1v) is 23.7. The lowest BCUT2D eigenvalue weighted by Crippen LogP contribution is -2.43. The van der Waals surface area contributed by atoms with Gasteiger partial charge in [0.1, 0.15) is 17.0 Å². The van der Waals surface area contributed by atoms with Gasteiger partial charge in [0.05, 0.1) is 6.61 Å². The second kappa shape index (κ2) is 22.6. The van der Waals surface area contributed by atoms with Crippen molar-refractivity contribution in [2.45, 2.75) is 148 Å². The topological polar surface area (TPSA) is 120 Å². The number of hydrogen-bond acceptors (Lipinski definition) is 7. The Morgan fingerprint density at radius 1 is 0.571 bits per heavy atom. The highest BCUT2D eigenvalue weighted by molar-refractivity contribution is 5.79. The molecule has 2 saturated carbocycles. The van der Waals surface area contributed by atoms with Crippen LogP contribution in [0.4, 0.5) is 14.0 Å². The highest BCUT2D eigenvalue weighted by atomic mass is 19.1. The number of nitrogens with zero attached hydrogens (tertiary/aromatic N) is 4. The maximum absolute atomic E-state index is 13.2. The number of amides is 4. The summed E-state index contributed by atoms with van der Waals surface area (Å²) in [6.07, 6.45) is 10.8. The van der Waals surface area contributed by atoms with Gasteiger partial charge in [-0.2, -0.15) is 0 Å². The minimum Gasteiger partial charge on any atom is -0.444 e. The molecule has 0 atom stereocenters. The number of ether oxygens (including phenoxy) is 2. The maximum Gasteiger partial charge on any atom is 0.410 e. The molecular weight excluding hydrogens is 800 g/mol. The Labute approximate surface area is 377 Å². The summed E-state index contributed by atoms with van der Waals surface area (Å²) in [6, 6.07) is 15.0. The lowest BCUT2D eigenvalue weighted by Gasteiger charge is -2.37. The first kappa shape index (κ1) is 49.8. The minimum atomic E-state index is -0.487. The van der Waals surface area contributed by atoms with Crippen molar-refractivity contribution in [1.82, 2.24) is 19.6 Å². The molecule has 2 aliphatic carbocycles. The minimum absolute atomic E-state index is 0.0762. The molecule has 2 aliphatic heterocycles. The molecule has 4 aliphatic rings. The molecule has 12 heteroatoms. The number of likely N-dealkylation sites (tertiary alicyclic amines) is 2. The van der Waals surface area contributed by atoms with E-state index in [9.17, 15) is 28.7 Å². The van der Waals surface area contributed by atoms with Crippen molar-refractivity contribution in [3.8, 4) is 0 Å². The van der Waals surface area contributed by atoms with E-state index in [1.54, 1.807) is 23.9 Å². The van der Waals surface area contributed by atoms with Crippen LogP contribution in [0, 0.1) is 29.5 Å². The average Bonchev–Trinajstić information content (AvgIpc) is 3.26. The molecule has 6 rings (SSSR count). The van der Waals surface area contributed by atoms with Crippen molar-refractivity contribution in [1.29, 1.82) is 0 Å². The summed E-state index contributed by atoms with van der Waals surface area (Å²) in [4.78, 5) is 57.9. The largest absolute Gasteiger partial charge is 0.444 e. The van der Waals surface area contributed by atoms with Gasteiger partial charge in [-0.05, 0) is 171 Å². The molecule has 4 amide bonds. The number of aliphatic hydroxyl groups excluding tert-OH is 1. The lowest BCUT2D eigenvalue weighted by atomic mass is 9.80. The summed E-state index contributed by atoms with van der Waals surface area (Å²) in [5.74, 6) is 2.38. The van der Waals surface area contributed by atoms with Crippen molar-refractivity contribution in [2.24, 2.45) is 23.7 Å². The second-order valence-electron chi connectivity index (χ2n) is 20.8. The molecule has 2 aromatic rings. The molecule has 0 spiro atoms. The van der Waals surface area contributed by atoms with Crippen LogP contribution >= 0.6 is 0 Å². The van der Waals surface area contributed by atoms with Crippen LogP contribution in [0.1, 0.15) is 147 Å². The Bertz CT molecular complexity index is 1760. The van der Waals surface area contributed by atoms with Gasteiger partial charge in [-0.1, -0.05) is 36.4 Å². The summed E-state index contributed by atoms with van der Waals surface area (Å²) >= 11 is 0. The van der Waals surface area contributed by atoms with Crippen molar-refractivity contribution in [2.75, 3.05) is 53.4 Å². The third-order valence-corrected chi connectivity index (χ3v) is 13.5. The Morgan fingerprint density at radius 2 is 0.905 bits per heavy atom. The average molecular weight is 877 g/mol. The first-order valence-electron chi connectivity index (χ1n) is 23.7. The summed E-state index contributed by atoms with van der Waals surface area (Å²) in [5, 5.41) is 9.22. The molecule has 11 nitrogen and oxygen atoms in total. The van der Waals surface area contributed by atoms with Crippen LogP contribution in [0.2, 0.25) is 0 Å². The van der Waals surface area contributed by atoms with E-state index in [0.717, 1.165) is 109 Å². The number of carbonyl (C=O) groups excluding carboxylic acids is 4. The highest BCUT2D eigenvalue weighted by Gasteiger charge is 2.35. The van der Waals surface area contributed by atoms with Gasteiger partial charge >= 0.3 is 12.2 Å². The number of hydrogen-bond donors (Lipinski definition) is 1. The van der Waals surface area contributed by atoms with E-state index in [1.807, 2.05) is 70.7 Å². The predicted octanol–water partition coefficient (Wildman–Crippen LogP) is 9.76. The zero-order valence-electron chi connectivity index (χ0n) is 39.6. The number of benzene rings is 2.